The van der Waals surface area contributed by atoms with E-state index in [9.17, 15) is 4.39 Å². The SMILES string of the molecule is CNC(C)c1ccc(F)cc1OC(C)c1ccccc1. The van der Waals surface area contributed by atoms with Gasteiger partial charge in [-0.2, -0.15) is 0 Å². The summed E-state index contributed by atoms with van der Waals surface area (Å²) < 4.78 is 19.4. The van der Waals surface area contributed by atoms with E-state index in [0.29, 0.717) is 5.75 Å². The van der Waals surface area contributed by atoms with E-state index in [-0.39, 0.29) is 18.0 Å². The van der Waals surface area contributed by atoms with Crippen LogP contribution in [0.25, 0.3) is 0 Å². The fraction of sp³-hybridized carbons (Fsp3) is 0.294. The highest BCUT2D eigenvalue weighted by Crippen LogP contribution is 2.30. The van der Waals surface area contributed by atoms with Crippen molar-refractivity contribution < 1.29 is 9.13 Å². The van der Waals surface area contributed by atoms with E-state index in [1.165, 1.54) is 12.1 Å². The summed E-state index contributed by atoms with van der Waals surface area (Å²) in [5, 5.41) is 3.15. The molecular weight excluding hydrogens is 253 g/mol. The van der Waals surface area contributed by atoms with Crippen LogP contribution in [0, 0.1) is 5.82 Å². The standard InChI is InChI=1S/C17H20FNO/c1-12(19-3)16-10-9-15(18)11-17(16)20-13(2)14-7-5-4-6-8-14/h4-13,19H,1-3H3. The van der Waals surface area contributed by atoms with Crippen LogP contribution in [-0.4, -0.2) is 7.05 Å². The Morgan fingerprint density at radius 3 is 2.40 bits per heavy atom. The molecule has 20 heavy (non-hydrogen) atoms. The summed E-state index contributed by atoms with van der Waals surface area (Å²) in [6.07, 6.45) is -0.124. The Kier molecular flexibility index (Phi) is 4.74. The van der Waals surface area contributed by atoms with Gasteiger partial charge in [0.15, 0.2) is 0 Å². The van der Waals surface area contributed by atoms with Gasteiger partial charge in [-0.15, -0.1) is 0 Å². The van der Waals surface area contributed by atoms with Crippen molar-refractivity contribution in [3.63, 3.8) is 0 Å². The Morgan fingerprint density at radius 1 is 1.05 bits per heavy atom. The van der Waals surface area contributed by atoms with Gasteiger partial charge >= 0.3 is 0 Å². The van der Waals surface area contributed by atoms with Crippen molar-refractivity contribution in [2.24, 2.45) is 0 Å². The monoisotopic (exact) mass is 273 g/mol. The number of nitrogens with one attached hydrogen (secondary N) is 1. The predicted octanol–water partition coefficient (Wildman–Crippen LogP) is 4.25. The minimum Gasteiger partial charge on any atom is -0.486 e. The highest BCUT2D eigenvalue weighted by atomic mass is 19.1. The normalized spacial score (nSPS) is 13.8. The molecule has 0 aliphatic heterocycles. The molecule has 0 amide bonds. The zero-order valence-corrected chi connectivity index (χ0v) is 12.1. The van der Waals surface area contributed by atoms with E-state index in [1.54, 1.807) is 6.07 Å². The van der Waals surface area contributed by atoms with E-state index in [4.69, 9.17) is 4.74 Å². The van der Waals surface area contributed by atoms with Crippen LogP contribution in [0.2, 0.25) is 0 Å². The molecule has 2 aromatic carbocycles. The van der Waals surface area contributed by atoms with E-state index in [1.807, 2.05) is 51.2 Å². The highest BCUT2D eigenvalue weighted by molar-refractivity contribution is 5.37. The second-order valence-electron chi connectivity index (χ2n) is 4.86. The van der Waals surface area contributed by atoms with Crippen molar-refractivity contribution in [3.05, 3.63) is 65.5 Å². The predicted molar refractivity (Wildman–Crippen MR) is 79.4 cm³/mol. The van der Waals surface area contributed by atoms with Crippen LogP contribution in [0.5, 0.6) is 5.75 Å². The Balaban J connectivity index is 2.26. The third-order valence-corrected chi connectivity index (χ3v) is 3.45. The molecule has 0 spiro atoms. The zero-order chi connectivity index (χ0) is 14.5. The Hall–Kier alpha value is -1.87. The minimum atomic E-state index is -0.285. The van der Waals surface area contributed by atoms with Crippen LogP contribution < -0.4 is 10.1 Å². The quantitative estimate of drug-likeness (QED) is 0.879. The Labute approximate surface area is 119 Å². The van der Waals surface area contributed by atoms with Crippen molar-refractivity contribution >= 4 is 0 Å². The van der Waals surface area contributed by atoms with E-state index >= 15 is 0 Å². The van der Waals surface area contributed by atoms with Gasteiger partial charge in [0.2, 0.25) is 0 Å². The molecule has 2 nitrogen and oxygen atoms in total. The second kappa shape index (κ2) is 6.53. The Bertz CT molecular complexity index is 556. The largest absolute Gasteiger partial charge is 0.486 e. The van der Waals surface area contributed by atoms with Crippen LogP contribution in [0.3, 0.4) is 0 Å². The first-order valence-electron chi connectivity index (χ1n) is 6.80. The average molecular weight is 273 g/mol. The molecule has 106 valence electrons. The van der Waals surface area contributed by atoms with Gasteiger partial charge in [-0.05, 0) is 32.5 Å². The number of benzene rings is 2. The summed E-state index contributed by atoms with van der Waals surface area (Å²) in [6, 6.07) is 14.7. The molecule has 1 N–H and O–H groups in total. The van der Waals surface area contributed by atoms with Crippen LogP contribution in [0.1, 0.15) is 37.1 Å². The smallest absolute Gasteiger partial charge is 0.127 e. The molecule has 2 atom stereocenters. The zero-order valence-electron chi connectivity index (χ0n) is 12.1. The number of halogens is 1. The van der Waals surface area contributed by atoms with Gasteiger partial charge < -0.3 is 10.1 Å². The van der Waals surface area contributed by atoms with Crippen molar-refractivity contribution in [2.75, 3.05) is 7.05 Å². The molecule has 0 bridgehead atoms. The van der Waals surface area contributed by atoms with E-state index < -0.39 is 0 Å². The van der Waals surface area contributed by atoms with Crippen LogP contribution in [0.4, 0.5) is 4.39 Å². The molecule has 0 aliphatic rings. The molecule has 0 aromatic heterocycles. The fourth-order valence-corrected chi connectivity index (χ4v) is 2.11. The molecule has 0 fully saturated rings. The molecular formula is C17H20FNO. The maximum atomic E-state index is 13.5. The first-order chi connectivity index (χ1) is 9.61. The number of hydrogen-bond donors (Lipinski definition) is 1. The third-order valence-electron chi connectivity index (χ3n) is 3.45. The summed E-state index contributed by atoms with van der Waals surface area (Å²) in [7, 11) is 1.87. The van der Waals surface area contributed by atoms with Crippen LogP contribution in [0.15, 0.2) is 48.5 Å². The maximum absolute atomic E-state index is 13.5. The van der Waals surface area contributed by atoms with Gasteiger partial charge in [0.05, 0.1) is 0 Å². The summed E-state index contributed by atoms with van der Waals surface area (Å²) >= 11 is 0. The highest BCUT2D eigenvalue weighted by Gasteiger charge is 2.14. The lowest BCUT2D eigenvalue weighted by molar-refractivity contribution is 0.222. The molecule has 0 aliphatic carbocycles. The van der Waals surface area contributed by atoms with Gasteiger partial charge in [0.1, 0.15) is 17.7 Å². The summed E-state index contributed by atoms with van der Waals surface area (Å²) in [5.41, 5.74) is 2.02. The molecule has 0 heterocycles. The third kappa shape index (κ3) is 3.36. The van der Waals surface area contributed by atoms with Crippen molar-refractivity contribution in [3.8, 4) is 5.75 Å². The molecule has 0 saturated carbocycles. The van der Waals surface area contributed by atoms with Crippen LogP contribution >= 0.6 is 0 Å². The lowest BCUT2D eigenvalue weighted by Crippen LogP contribution is -2.14. The molecule has 3 heteroatoms. The summed E-state index contributed by atoms with van der Waals surface area (Å²) in [4.78, 5) is 0. The summed E-state index contributed by atoms with van der Waals surface area (Å²) in [5.74, 6) is 0.301. The van der Waals surface area contributed by atoms with Crippen LogP contribution in [-0.2, 0) is 0 Å². The first-order valence-corrected chi connectivity index (χ1v) is 6.80. The number of rotatable bonds is 5. The van der Waals surface area contributed by atoms with Gasteiger partial charge in [-0.3, -0.25) is 0 Å². The lowest BCUT2D eigenvalue weighted by atomic mass is 10.1. The minimum absolute atomic E-state index is 0.105. The number of hydrogen-bond acceptors (Lipinski definition) is 2. The number of ether oxygens (including phenoxy) is 1. The molecule has 0 radical (unpaired) electrons. The van der Waals surface area contributed by atoms with E-state index in [2.05, 4.69) is 5.32 Å². The van der Waals surface area contributed by atoms with Gasteiger partial charge in [-0.25, -0.2) is 4.39 Å². The van der Waals surface area contributed by atoms with E-state index in [0.717, 1.165) is 11.1 Å². The Morgan fingerprint density at radius 2 is 1.75 bits per heavy atom. The molecule has 0 saturated heterocycles. The van der Waals surface area contributed by atoms with Gasteiger partial charge in [-0.1, -0.05) is 36.4 Å². The van der Waals surface area contributed by atoms with Crippen molar-refractivity contribution in [1.82, 2.24) is 5.32 Å². The lowest BCUT2D eigenvalue weighted by Gasteiger charge is -2.20. The topological polar surface area (TPSA) is 21.3 Å². The van der Waals surface area contributed by atoms with Gasteiger partial charge in [0, 0.05) is 17.7 Å². The van der Waals surface area contributed by atoms with Crippen molar-refractivity contribution in [1.29, 1.82) is 0 Å². The fourth-order valence-electron chi connectivity index (χ4n) is 2.11. The first kappa shape index (κ1) is 14.5. The molecule has 2 unspecified atom stereocenters. The maximum Gasteiger partial charge on any atom is 0.127 e. The average Bonchev–Trinajstić information content (AvgIpc) is 2.47. The van der Waals surface area contributed by atoms with Crippen molar-refractivity contribution in [2.45, 2.75) is 26.0 Å². The summed E-state index contributed by atoms with van der Waals surface area (Å²) in [6.45, 7) is 3.99. The van der Waals surface area contributed by atoms with Gasteiger partial charge in [0.25, 0.3) is 0 Å². The second-order valence-corrected chi connectivity index (χ2v) is 4.86. The molecule has 2 aromatic rings. The molecule has 2 rings (SSSR count).